The molecule has 4 nitrogen and oxygen atoms in total. The van der Waals surface area contributed by atoms with E-state index in [0.717, 1.165) is 5.69 Å². The second-order valence-electron chi connectivity index (χ2n) is 3.88. The van der Waals surface area contributed by atoms with Gasteiger partial charge in [-0.25, -0.2) is 4.79 Å². The summed E-state index contributed by atoms with van der Waals surface area (Å²) in [6.45, 7) is 0.523. The molecule has 0 amide bonds. The van der Waals surface area contributed by atoms with E-state index in [1.54, 1.807) is 17.8 Å². The van der Waals surface area contributed by atoms with E-state index in [4.69, 9.17) is 4.42 Å². The van der Waals surface area contributed by atoms with Crippen molar-refractivity contribution in [2.75, 3.05) is 18.7 Å². The maximum atomic E-state index is 11.3. The fourth-order valence-corrected chi connectivity index (χ4v) is 2.08. The van der Waals surface area contributed by atoms with Crippen LogP contribution >= 0.6 is 11.8 Å². The summed E-state index contributed by atoms with van der Waals surface area (Å²) in [5.74, 6) is 0.300. The molecule has 2 rings (SSSR count). The van der Waals surface area contributed by atoms with Crippen LogP contribution < -0.4 is 5.32 Å². The molecule has 1 aromatic heterocycles. The molecule has 0 fully saturated rings. The van der Waals surface area contributed by atoms with E-state index in [2.05, 4.69) is 22.2 Å². The molecule has 0 unspecified atom stereocenters. The average molecular weight is 277 g/mol. The van der Waals surface area contributed by atoms with Crippen molar-refractivity contribution >= 4 is 23.4 Å². The van der Waals surface area contributed by atoms with E-state index in [0.29, 0.717) is 17.9 Å². The van der Waals surface area contributed by atoms with Gasteiger partial charge in [0, 0.05) is 10.6 Å². The Morgan fingerprint density at radius 3 is 3.00 bits per heavy atom. The molecule has 0 saturated carbocycles. The lowest BCUT2D eigenvalue weighted by Crippen LogP contribution is -2.00. The Labute approximate surface area is 116 Å². The Morgan fingerprint density at radius 1 is 1.42 bits per heavy atom. The van der Waals surface area contributed by atoms with E-state index in [9.17, 15) is 4.79 Å². The van der Waals surface area contributed by atoms with Gasteiger partial charge in [-0.1, -0.05) is 6.07 Å². The molecule has 0 bridgehead atoms. The quantitative estimate of drug-likeness (QED) is 0.670. The van der Waals surface area contributed by atoms with Crippen LogP contribution in [0.15, 0.2) is 45.9 Å². The molecule has 0 spiro atoms. The number of hydrogen-bond donors (Lipinski definition) is 1. The van der Waals surface area contributed by atoms with E-state index in [1.165, 1.54) is 18.3 Å². The summed E-state index contributed by atoms with van der Waals surface area (Å²) in [4.78, 5) is 12.5. The molecule has 0 saturated heterocycles. The number of benzene rings is 1. The summed E-state index contributed by atoms with van der Waals surface area (Å²) in [5.41, 5.74) is 1.44. The Balaban J connectivity index is 1.98. The molecule has 0 atom stereocenters. The van der Waals surface area contributed by atoms with Gasteiger partial charge in [-0.2, -0.15) is 0 Å². The zero-order valence-electron chi connectivity index (χ0n) is 10.8. The molecule has 19 heavy (non-hydrogen) atoms. The fraction of sp³-hybridized carbons (Fsp3) is 0.214. The minimum atomic E-state index is -0.389. The van der Waals surface area contributed by atoms with Crippen LogP contribution in [0.1, 0.15) is 16.1 Å². The summed E-state index contributed by atoms with van der Waals surface area (Å²) in [7, 11) is 1.35. The number of thioether (sulfide) groups is 1. The Hall–Kier alpha value is -1.88. The normalized spacial score (nSPS) is 10.2. The van der Waals surface area contributed by atoms with Crippen molar-refractivity contribution in [3.05, 3.63) is 47.9 Å². The first kappa shape index (κ1) is 13.5. The topological polar surface area (TPSA) is 51.5 Å². The molecular formula is C14H15NO3S. The predicted molar refractivity (Wildman–Crippen MR) is 75.6 cm³/mol. The first-order valence-corrected chi connectivity index (χ1v) is 6.99. The van der Waals surface area contributed by atoms with Gasteiger partial charge in [-0.15, -0.1) is 11.8 Å². The molecule has 0 aliphatic rings. The number of rotatable bonds is 5. The highest BCUT2D eigenvalue weighted by molar-refractivity contribution is 7.98. The summed E-state index contributed by atoms with van der Waals surface area (Å²) in [5, 5.41) is 3.25. The van der Waals surface area contributed by atoms with Crippen molar-refractivity contribution in [3.63, 3.8) is 0 Å². The lowest BCUT2D eigenvalue weighted by molar-refractivity contribution is 0.0600. The van der Waals surface area contributed by atoms with Gasteiger partial charge >= 0.3 is 5.97 Å². The van der Waals surface area contributed by atoms with Gasteiger partial charge in [-0.05, 0) is 30.5 Å². The number of furan rings is 1. The molecule has 0 aliphatic heterocycles. The minimum absolute atomic E-state index is 0.389. The molecule has 0 radical (unpaired) electrons. The molecule has 2 aromatic rings. The highest BCUT2D eigenvalue weighted by Gasteiger charge is 2.09. The lowest BCUT2D eigenvalue weighted by Gasteiger charge is -2.05. The van der Waals surface area contributed by atoms with Gasteiger partial charge in [-0.3, -0.25) is 0 Å². The predicted octanol–water partition coefficient (Wildman–Crippen LogP) is 3.40. The largest absolute Gasteiger partial charge is 0.467 e. The number of esters is 1. The van der Waals surface area contributed by atoms with Crippen LogP contribution in [-0.2, 0) is 11.3 Å². The average Bonchev–Trinajstić information content (AvgIpc) is 2.93. The van der Waals surface area contributed by atoms with E-state index < -0.39 is 0 Å². The molecule has 1 N–H and O–H groups in total. The van der Waals surface area contributed by atoms with Gasteiger partial charge < -0.3 is 14.5 Å². The third kappa shape index (κ3) is 3.54. The lowest BCUT2D eigenvalue weighted by atomic mass is 10.3. The summed E-state index contributed by atoms with van der Waals surface area (Å²) in [6, 6.07) is 9.78. The maximum Gasteiger partial charge on any atom is 0.341 e. The van der Waals surface area contributed by atoms with Crippen molar-refractivity contribution in [3.8, 4) is 0 Å². The molecular weight excluding hydrogens is 262 g/mol. The zero-order valence-corrected chi connectivity index (χ0v) is 11.6. The third-order valence-electron chi connectivity index (χ3n) is 2.61. The smallest absolute Gasteiger partial charge is 0.341 e. The number of nitrogens with one attached hydrogen (secondary N) is 1. The molecule has 100 valence electrons. The second kappa shape index (κ2) is 6.33. The standard InChI is InChI=1S/C14H15NO3S/c1-17-14(16)10-6-12(18-9-10)8-15-11-4-3-5-13(7-11)19-2/h3-7,9,15H,8H2,1-2H3. The van der Waals surface area contributed by atoms with Crippen molar-refractivity contribution in [1.29, 1.82) is 0 Å². The molecule has 1 heterocycles. The Morgan fingerprint density at radius 2 is 2.26 bits per heavy atom. The summed E-state index contributed by atoms with van der Waals surface area (Å²) in [6.07, 6.45) is 3.44. The van der Waals surface area contributed by atoms with Crippen LogP contribution in [0.25, 0.3) is 0 Å². The molecule has 1 aromatic carbocycles. The number of methoxy groups -OCH3 is 1. The van der Waals surface area contributed by atoms with Crippen molar-refractivity contribution in [2.45, 2.75) is 11.4 Å². The van der Waals surface area contributed by atoms with Gasteiger partial charge in [0.25, 0.3) is 0 Å². The van der Waals surface area contributed by atoms with E-state index in [-0.39, 0.29) is 5.97 Å². The van der Waals surface area contributed by atoms with Crippen LogP contribution in [0.3, 0.4) is 0 Å². The van der Waals surface area contributed by atoms with Crippen molar-refractivity contribution in [1.82, 2.24) is 0 Å². The first-order chi connectivity index (χ1) is 9.22. The van der Waals surface area contributed by atoms with E-state index in [1.807, 2.05) is 18.4 Å². The Kier molecular flexibility index (Phi) is 4.52. The maximum absolute atomic E-state index is 11.3. The number of carbonyl (C=O) groups is 1. The van der Waals surface area contributed by atoms with Crippen LogP contribution in [-0.4, -0.2) is 19.3 Å². The van der Waals surface area contributed by atoms with Gasteiger partial charge in [0.1, 0.15) is 12.0 Å². The van der Waals surface area contributed by atoms with Crippen molar-refractivity contribution in [2.24, 2.45) is 0 Å². The van der Waals surface area contributed by atoms with Gasteiger partial charge in [0.05, 0.1) is 19.2 Å². The summed E-state index contributed by atoms with van der Waals surface area (Å²) >= 11 is 1.69. The van der Waals surface area contributed by atoms with Crippen molar-refractivity contribution < 1.29 is 13.9 Å². The number of ether oxygens (including phenoxy) is 1. The second-order valence-corrected chi connectivity index (χ2v) is 4.76. The highest BCUT2D eigenvalue weighted by atomic mass is 32.2. The monoisotopic (exact) mass is 277 g/mol. The Bertz CT molecular complexity index is 565. The number of anilines is 1. The van der Waals surface area contributed by atoms with Gasteiger partial charge in [0.15, 0.2) is 0 Å². The number of hydrogen-bond acceptors (Lipinski definition) is 5. The zero-order chi connectivity index (χ0) is 13.7. The number of carbonyl (C=O) groups excluding carboxylic acids is 1. The third-order valence-corrected chi connectivity index (χ3v) is 3.34. The SMILES string of the molecule is COC(=O)c1coc(CNc2cccc(SC)c2)c1. The molecule has 5 heteroatoms. The minimum Gasteiger partial charge on any atom is -0.467 e. The van der Waals surface area contributed by atoms with Crippen LogP contribution in [0, 0.1) is 0 Å². The fourth-order valence-electron chi connectivity index (χ4n) is 1.62. The van der Waals surface area contributed by atoms with Gasteiger partial charge in [0.2, 0.25) is 0 Å². The summed E-state index contributed by atoms with van der Waals surface area (Å²) < 4.78 is 9.92. The van der Waals surface area contributed by atoms with Crippen LogP contribution in [0.2, 0.25) is 0 Å². The highest BCUT2D eigenvalue weighted by Crippen LogP contribution is 2.19. The molecule has 0 aliphatic carbocycles. The van der Waals surface area contributed by atoms with Crippen LogP contribution in [0.4, 0.5) is 5.69 Å². The van der Waals surface area contributed by atoms with Crippen LogP contribution in [0.5, 0.6) is 0 Å². The van der Waals surface area contributed by atoms with E-state index >= 15 is 0 Å². The first-order valence-electron chi connectivity index (χ1n) is 5.76.